The molecule has 2 fully saturated rings. The number of carboxylic acid groups (broad SMARTS) is 2. The molecule has 1 amide bonds. The van der Waals surface area contributed by atoms with Gasteiger partial charge in [0.2, 0.25) is 11.4 Å². The number of benzene rings is 2. The molecule has 2 heterocycles. The molecule has 2 unspecified atom stereocenters. The smallest absolute Gasteiger partial charge is 0.331 e. The van der Waals surface area contributed by atoms with Crippen molar-refractivity contribution < 1.29 is 42.3 Å². The maximum Gasteiger partial charge on any atom is 0.331 e. The highest BCUT2D eigenvalue weighted by molar-refractivity contribution is 7.86. The molecule has 4 N–H and O–H groups in total. The van der Waals surface area contributed by atoms with Gasteiger partial charge in [0.1, 0.15) is 5.41 Å². The summed E-state index contributed by atoms with van der Waals surface area (Å²) in [5.74, 6) is -2.56. The summed E-state index contributed by atoms with van der Waals surface area (Å²) in [6.45, 7) is 4.59. The fourth-order valence-electron chi connectivity index (χ4n) is 5.06. The quantitative estimate of drug-likeness (QED) is 0.365. The largest absolute Gasteiger partial charge is 0.480 e. The Balaban J connectivity index is 0.000000208. The van der Waals surface area contributed by atoms with E-state index in [2.05, 4.69) is 10.2 Å². The number of rotatable bonds is 6. The lowest BCUT2D eigenvalue weighted by Crippen LogP contribution is -2.42. The molecule has 2 aromatic carbocycles. The van der Waals surface area contributed by atoms with Crippen molar-refractivity contribution in [3.05, 3.63) is 83.5 Å². The monoisotopic (exact) mass is 585 g/mol. The van der Waals surface area contributed by atoms with E-state index in [-0.39, 0.29) is 18.5 Å². The van der Waals surface area contributed by atoms with Gasteiger partial charge in [-0.25, -0.2) is 4.79 Å². The summed E-state index contributed by atoms with van der Waals surface area (Å²) in [5.41, 5.74) is 0.158. The molecule has 2 aromatic rings. The Kier molecular flexibility index (Phi) is 8.80. The number of carbonyl (C=O) groups excluding carboxylic acids is 1. The van der Waals surface area contributed by atoms with Crippen LogP contribution < -0.4 is 15.1 Å². The van der Waals surface area contributed by atoms with Gasteiger partial charge in [0, 0.05) is 36.5 Å². The molecule has 0 spiro atoms. The summed E-state index contributed by atoms with van der Waals surface area (Å²) < 4.78 is 36.5. The highest BCUT2D eigenvalue weighted by Gasteiger charge is 2.42. The average Bonchev–Trinajstić information content (AvgIpc) is 3.36. The molecule has 0 saturated carbocycles. The van der Waals surface area contributed by atoms with E-state index < -0.39 is 38.9 Å². The third-order valence-corrected chi connectivity index (χ3v) is 7.95. The van der Waals surface area contributed by atoms with Crippen molar-refractivity contribution in [2.45, 2.75) is 24.3 Å². The van der Waals surface area contributed by atoms with E-state index in [0.717, 1.165) is 18.8 Å². The van der Waals surface area contributed by atoms with E-state index in [1.807, 2.05) is 12.1 Å². The first kappa shape index (κ1) is 29.8. The number of nitrogens with one attached hydrogen (secondary N) is 1. The maximum absolute atomic E-state index is 12.1. The maximum atomic E-state index is 12.1. The number of allylic oxidation sites excluding steroid dienone is 2. The summed E-state index contributed by atoms with van der Waals surface area (Å²) in [6.07, 6.45) is 3.11. The standard InChI is InChI=1S/C19H21NO5.C9H10N2O4S/c1-13-10-14(17(21)22)12-19(11-13,18(23)24)15-2-4-16(5-3-15)20-6-8-25-9-7-20;12-8-6-11(7-4-2-1-3-5-7)9(10-8)16(13,14)15/h2-5,10-11H,6-9,12H2,1H3,(H,21,22)(H,23,24);1-5,9H,6H2,(H,10,12)(H,13,14,15). The number of aliphatic carboxylic acids is 2. The van der Waals surface area contributed by atoms with E-state index in [9.17, 15) is 33.0 Å². The van der Waals surface area contributed by atoms with E-state index in [1.165, 1.54) is 11.0 Å². The highest BCUT2D eigenvalue weighted by Crippen LogP contribution is 2.39. The van der Waals surface area contributed by atoms with Gasteiger partial charge in [-0.2, -0.15) is 8.42 Å². The molecule has 13 heteroatoms. The number of hydrogen-bond donors (Lipinski definition) is 4. The van der Waals surface area contributed by atoms with E-state index in [0.29, 0.717) is 30.0 Å². The van der Waals surface area contributed by atoms with Gasteiger partial charge in [0.25, 0.3) is 0 Å². The molecule has 0 bridgehead atoms. The number of hydrogen-bond acceptors (Lipinski definition) is 8. The summed E-state index contributed by atoms with van der Waals surface area (Å²) in [5, 5.41) is 21.4. The van der Waals surface area contributed by atoms with Gasteiger partial charge in [-0.05, 0) is 42.8 Å². The molecule has 41 heavy (non-hydrogen) atoms. The van der Waals surface area contributed by atoms with E-state index in [1.54, 1.807) is 55.5 Å². The van der Waals surface area contributed by atoms with Gasteiger partial charge < -0.3 is 30.1 Å². The van der Waals surface area contributed by atoms with Crippen molar-refractivity contribution in [3.63, 3.8) is 0 Å². The number of para-hydroxylation sites is 1. The second-order valence-corrected chi connectivity index (χ2v) is 11.3. The molecule has 1 aliphatic carbocycles. The first-order valence-corrected chi connectivity index (χ1v) is 14.3. The van der Waals surface area contributed by atoms with Crippen LogP contribution in [0.3, 0.4) is 0 Å². The van der Waals surface area contributed by atoms with Crippen LogP contribution in [0.5, 0.6) is 0 Å². The van der Waals surface area contributed by atoms with Crippen LogP contribution in [0.4, 0.5) is 11.4 Å². The number of ether oxygens (including phenoxy) is 1. The Morgan fingerprint density at radius 3 is 2.20 bits per heavy atom. The number of carbonyl (C=O) groups is 3. The number of nitrogens with zero attached hydrogens (tertiary/aromatic N) is 2. The number of carboxylic acids is 2. The zero-order valence-corrected chi connectivity index (χ0v) is 23.1. The minimum absolute atomic E-state index is 0.0636. The second kappa shape index (κ2) is 12.1. The van der Waals surface area contributed by atoms with Gasteiger partial charge in [-0.3, -0.25) is 14.1 Å². The minimum atomic E-state index is -4.34. The number of amides is 1. The van der Waals surface area contributed by atoms with Crippen molar-refractivity contribution in [2.24, 2.45) is 0 Å². The summed E-state index contributed by atoms with van der Waals surface area (Å²) in [6, 6.07) is 15.9. The molecular weight excluding hydrogens is 554 g/mol. The van der Waals surface area contributed by atoms with Crippen LogP contribution in [-0.4, -0.2) is 79.4 Å². The van der Waals surface area contributed by atoms with Crippen molar-refractivity contribution in [3.8, 4) is 0 Å². The Morgan fingerprint density at radius 1 is 1.00 bits per heavy atom. The van der Waals surface area contributed by atoms with Crippen LogP contribution in [0, 0.1) is 0 Å². The number of anilines is 2. The average molecular weight is 586 g/mol. The fraction of sp³-hybridized carbons (Fsp3) is 0.321. The Morgan fingerprint density at radius 2 is 1.63 bits per heavy atom. The predicted molar refractivity (Wildman–Crippen MR) is 150 cm³/mol. The second-order valence-electron chi connectivity index (χ2n) is 9.86. The highest BCUT2D eigenvalue weighted by atomic mass is 32.2. The lowest BCUT2D eigenvalue weighted by Gasteiger charge is -2.32. The summed E-state index contributed by atoms with van der Waals surface area (Å²) in [7, 11) is -4.34. The lowest BCUT2D eigenvalue weighted by atomic mass is 9.71. The molecule has 218 valence electrons. The first-order valence-electron chi connectivity index (χ1n) is 12.8. The summed E-state index contributed by atoms with van der Waals surface area (Å²) >= 11 is 0. The number of morpholine rings is 1. The molecule has 0 radical (unpaired) electrons. The van der Waals surface area contributed by atoms with Crippen molar-refractivity contribution in [1.29, 1.82) is 0 Å². The van der Waals surface area contributed by atoms with Crippen LogP contribution in [0.1, 0.15) is 18.9 Å². The molecular formula is C28H31N3O9S. The molecule has 0 aromatic heterocycles. The van der Waals surface area contributed by atoms with Gasteiger partial charge in [-0.15, -0.1) is 0 Å². The zero-order valence-electron chi connectivity index (χ0n) is 22.3. The van der Waals surface area contributed by atoms with Crippen molar-refractivity contribution in [2.75, 3.05) is 42.6 Å². The van der Waals surface area contributed by atoms with Crippen LogP contribution in [0.15, 0.2) is 77.9 Å². The zero-order chi connectivity index (χ0) is 29.8. The molecule has 3 aliphatic rings. The van der Waals surface area contributed by atoms with Gasteiger partial charge in [0.15, 0.2) is 0 Å². The van der Waals surface area contributed by atoms with Crippen molar-refractivity contribution in [1.82, 2.24) is 5.32 Å². The molecule has 12 nitrogen and oxygen atoms in total. The minimum Gasteiger partial charge on any atom is -0.480 e. The molecule has 2 aliphatic heterocycles. The van der Waals surface area contributed by atoms with Crippen LogP contribution in [0.2, 0.25) is 0 Å². The van der Waals surface area contributed by atoms with Crippen LogP contribution >= 0.6 is 0 Å². The Labute approximate surface area is 237 Å². The fourth-order valence-corrected chi connectivity index (χ4v) is 5.86. The Bertz CT molecular complexity index is 1470. The van der Waals surface area contributed by atoms with Gasteiger partial charge in [0.05, 0.1) is 19.8 Å². The van der Waals surface area contributed by atoms with E-state index in [4.69, 9.17) is 9.29 Å². The molecule has 2 atom stereocenters. The van der Waals surface area contributed by atoms with Crippen LogP contribution in [-0.2, 0) is 34.7 Å². The van der Waals surface area contributed by atoms with E-state index >= 15 is 0 Å². The molecule has 2 saturated heterocycles. The predicted octanol–water partition coefficient (Wildman–Crippen LogP) is 2.00. The first-order chi connectivity index (χ1) is 19.4. The third-order valence-electron chi connectivity index (χ3n) is 7.01. The Hall–Kier alpha value is -4.20. The van der Waals surface area contributed by atoms with Gasteiger partial charge >= 0.3 is 22.1 Å². The van der Waals surface area contributed by atoms with Crippen LogP contribution in [0.25, 0.3) is 0 Å². The third kappa shape index (κ3) is 6.76. The lowest BCUT2D eigenvalue weighted by molar-refractivity contribution is -0.142. The topological polar surface area (TPSA) is 174 Å². The molecule has 5 rings (SSSR count). The SMILES string of the molecule is CC1=CC(C(=O)O)(c2ccc(N3CCOCC3)cc2)CC(C(=O)O)=C1.O=C1CN(c2ccccc2)C(S(=O)(=O)O)N1. The van der Waals surface area contributed by atoms with Gasteiger partial charge in [-0.1, -0.05) is 42.0 Å². The van der Waals surface area contributed by atoms with Crippen molar-refractivity contribution >= 4 is 39.3 Å². The normalized spacial score (nSPS) is 22.6. The summed E-state index contributed by atoms with van der Waals surface area (Å²) in [4.78, 5) is 38.1.